The maximum Gasteiger partial charge on any atom is 0.174 e. The van der Waals surface area contributed by atoms with Gasteiger partial charge in [-0.3, -0.25) is 0 Å². The van der Waals surface area contributed by atoms with Gasteiger partial charge < -0.3 is 4.74 Å². The highest BCUT2D eigenvalue weighted by Gasteiger charge is 2.17. The fraction of sp³-hybridized carbons (Fsp3) is 0.545. The third-order valence-electron chi connectivity index (χ3n) is 2.61. The smallest absolute Gasteiger partial charge is 0.174 e. The lowest BCUT2D eigenvalue weighted by molar-refractivity contribution is 0.256. The molecule has 2 heteroatoms. The molecule has 1 rings (SSSR count). The Labute approximate surface area is 79.5 Å². The third-order valence-corrected chi connectivity index (χ3v) is 2.61. The lowest BCUT2D eigenvalue weighted by Crippen LogP contribution is -2.12. The molecule has 0 aromatic heterocycles. The number of hydrogen-bond acceptors (Lipinski definition) is 2. The van der Waals surface area contributed by atoms with Crippen LogP contribution in [0.25, 0.3) is 0 Å². The Hall–Kier alpha value is -1.23. The van der Waals surface area contributed by atoms with Crippen molar-refractivity contribution in [1.29, 1.82) is 5.26 Å². The van der Waals surface area contributed by atoms with Crippen LogP contribution >= 0.6 is 0 Å². The maximum atomic E-state index is 8.36. The average molecular weight is 177 g/mol. The van der Waals surface area contributed by atoms with Crippen molar-refractivity contribution in [3.8, 4) is 6.07 Å². The molecule has 2 unspecified atom stereocenters. The molecule has 0 radical (unpaired) electrons. The van der Waals surface area contributed by atoms with Gasteiger partial charge in [0, 0.05) is 0 Å². The molecule has 0 fully saturated rings. The van der Waals surface area contributed by atoms with Crippen molar-refractivity contribution in [2.75, 3.05) is 6.61 Å². The van der Waals surface area contributed by atoms with Crippen LogP contribution in [0.15, 0.2) is 23.5 Å². The van der Waals surface area contributed by atoms with Crippen LogP contribution in [0.2, 0.25) is 0 Å². The molecule has 13 heavy (non-hydrogen) atoms. The minimum atomic E-state index is 0.136. The Bertz CT molecular complexity index is 283. The quantitative estimate of drug-likeness (QED) is 0.649. The number of nitrogens with zero attached hydrogens (tertiary/aromatic N) is 1. The molecule has 0 amide bonds. The molecule has 0 N–H and O–H groups in total. The van der Waals surface area contributed by atoms with Crippen LogP contribution in [-0.4, -0.2) is 6.61 Å². The number of hydrogen-bond donors (Lipinski definition) is 0. The molecule has 0 saturated heterocycles. The van der Waals surface area contributed by atoms with Crippen LogP contribution in [0, 0.1) is 23.2 Å². The van der Waals surface area contributed by atoms with Gasteiger partial charge in [-0.05, 0) is 30.9 Å². The van der Waals surface area contributed by atoms with Crippen LogP contribution in [0.3, 0.4) is 0 Å². The Morgan fingerprint density at radius 2 is 2.23 bits per heavy atom. The van der Waals surface area contributed by atoms with Crippen molar-refractivity contribution < 1.29 is 4.74 Å². The van der Waals surface area contributed by atoms with Crippen molar-refractivity contribution in [1.82, 2.24) is 0 Å². The van der Waals surface area contributed by atoms with Crippen molar-refractivity contribution in [3.63, 3.8) is 0 Å². The topological polar surface area (TPSA) is 33.0 Å². The van der Waals surface area contributed by atoms with E-state index in [0.717, 1.165) is 5.76 Å². The third kappa shape index (κ3) is 2.35. The zero-order valence-electron chi connectivity index (χ0n) is 8.37. The predicted molar refractivity (Wildman–Crippen MR) is 51.7 cm³/mol. The summed E-state index contributed by atoms with van der Waals surface area (Å²) in [4.78, 5) is 0. The predicted octanol–water partition coefficient (Wildman–Crippen LogP) is 2.64. The number of rotatable bonds is 2. The molecule has 0 aromatic carbocycles. The fourth-order valence-electron chi connectivity index (χ4n) is 1.43. The molecule has 0 aliphatic heterocycles. The highest BCUT2D eigenvalue weighted by Crippen LogP contribution is 2.28. The zero-order chi connectivity index (χ0) is 9.84. The molecule has 0 spiro atoms. The molecule has 0 aromatic rings. The maximum absolute atomic E-state index is 8.36. The van der Waals surface area contributed by atoms with Gasteiger partial charge in [0.1, 0.15) is 11.8 Å². The first-order chi connectivity index (χ1) is 6.15. The normalized spacial score (nSPS) is 27.2. The van der Waals surface area contributed by atoms with Crippen molar-refractivity contribution >= 4 is 0 Å². The summed E-state index contributed by atoms with van der Waals surface area (Å²) in [5.41, 5.74) is 1.32. The lowest BCUT2D eigenvalue weighted by atomic mass is 9.85. The Kier molecular flexibility index (Phi) is 3.13. The average Bonchev–Trinajstić information content (AvgIpc) is 2.10. The van der Waals surface area contributed by atoms with Crippen molar-refractivity contribution in [2.45, 2.75) is 20.8 Å². The molecule has 0 bridgehead atoms. The summed E-state index contributed by atoms with van der Waals surface area (Å²) in [7, 11) is 0. The monoisotopic (exact) mass is 177 g/mol. The highest BCUT2D eigenvalue weighted by molar-refractivity contribution is 5.25. The Morgan fingerprint density at radius 1 is 1.54 bits per heavy atom. The van der Waals surface area contributed by atoms with Gasteiger partial charge in [-0.1, -0.05) is 19.4 Å². The van der Waals surface area contributed by atoms with Gasteiger partial charge >= 0.3 is 0 Å². The second-order valence-electron chi connectivity index (χ2n) is 3.55. The molecular weight excluding hydrogens is 162 g/mol. The second kappa shape index (κ2) is 4.13. The van der Waals surface area contributed by atoms with Gasteiger partial charge in [0.25, 0.3) is 0 Å². The molecule has 1 aliphatic carbocycles. The first-order valence-corrected chi connectivity index (χ1v) is 4.55. The van der Waals surface area contributed by atoms with Crippen LogP contribution in [0.1, 0.15) is 20.8 Å². The minimum Gasteiger partial charge on any atom is -0.479 e. The summed E-state index contributed by atoms with van der Waals surface area (Å²) in [6.45, 7) is 6.60. The van der Waals surface area contributed by atoms with Gasteiger partial charge in [0.05, 0.1) is 0 Å². The second-order valence-corrected chi connectivity index (χ2v) is 3.55. The van der Waals surface area contributed by atoms with E-state index in [0.29, 0.717) is 11.8 Å². The van der Waals surface area contributed by atoms with Crippen LogP contribution in [0.4, 0.5) is 0 Å². The standard InChI is InChI=1S/C11H15NO/c1-8-6-11(13-5-4-12)7-9(2)10(8)3/h6-8,10H,5H2,1-3H3. The Morgan fingerprint density at radius 3 is 2.77 bits per heavy atom. The van der Waals surface area contributed by atoms with Crippen molar-refractivity contribution in [2.24, 2.45) is 11.8 Å². The van der Waals surface area contributed by atoms with Gasteiger partial charge in [-0.25, -0.2) is 0 Å². The van der Waals surface area contributed by atoms with E-state index in [9.17, 15) is 0 Å². The van der Waals surface area contributed by atoms with Gasteiger partial charge in [-0.15, -0.1) is 0 Å². The van der Waals surface area contributed by atoms with E-state index in [-0.39, 0.29) is 6.61 Å². The SMILES string of the molecule is CC1=CC(OCC#N)=CC(C)C1C. The van der Waals surface area contributed by atoms with Gasteiger partial charge in [0.2, 0.25) is 0 Å². The summed E-state index contributed by atoms with van der Waals surface area (Å²) in [6.07, 6.45) is 4.09. The van der Waals surface area contributed by atoms with E-state index < -0.39 is 0 Å². The summed E-state index contributed by atoms with van der Waals surface area (Å²) < 4.78 is 5.24. The van der Waals surface area contributed by atoms with Crippen LogP contribution < -0.4 is 0 Å². The zero-order valence-corrected chi connectivity index (χ0v) is 8.37. The van der Waals surface area contributed by atoms with E-state index in [1.807, 2.05) is 12.1 Å². The summed E-state index contributed by atoms with van der Waals surface area (Å²) in [5, 5.41) is 8.36. The molecular formula is C11H15NO. The fourth-order valence-corrected chi connectivity index (χ4v) is 1.43. The van der Waals surface area contributed by atoms with E-state index in [1.165, 1.54) is 5.57 Å². The van der Waals surface area contributed by atoms with Gasteiger partial charge in [0.15, 0.2) is 6.61 Å². The molecule has 0 saturated carbocycles. The van der Waals surface area contributed by atoms with Crippen LogP contribution in [-0.2, 0) is 4.74 Å². The van der Waals surface area contributed by atoms with E-state index in [1.54, 1.807) is 0 Å². The van der Waals surface area contributed by atoms with E-state index >= 15 is 0 Å². The minimum absolute atomic E-state index is 0.136. The molecule has 1 aliphatic rings. The first-order valence-electron chi connectivity index (χ1n) is 4.55. The molecule has 2 nitrogen and oxygen atoms in total. The molecule has 2 atom stereocenters. The summed E-state index contributed by atoms with van der Waals surface area (Å²) in [5.74, 6) is 1.91. The number of ether oxygens (including phenoxy) is 1. The van der Waals surface area contributed by atoms with Gasteiger partial charge in [-0.2, -0.15) is 5.26 Å². The highest BCUT2D eigenvalue weighted by atomic mass is 16.5. The number of allylic oxidation sites excluding steroid dienone is 3. The Balaban J connectivity index is 2.68. The van der Waals surface area contributed by atoms with E-state index in [2.05, 4.69) is 26.8 Å². The summed E-state index contributed by atoms with van der Waals surface area (Å²) in [6, 6.07) is 1.96. The molecule has 0 heterocycles. The van der Waals surface area contributed by atoms with E-state index in [4.69, 9.17) is 10.00 Å². The van der Waals surface area contributed by atoms with Crippen molar-refractivity contribution in [3.05, 3.63) is 23.5 Å². The first kappa shape index (κ1) is 9.85. The van der Waals surface area contributed by atoms with Crippen LogP contribution in [0.5, 0.6) is 0 Å². The molecule has 70 valence electrons. The summed E-state index contributed by atoms with van der Waals surface area (Å²) >= 11 is 0. The number of nitriles is 1. The largest absolute Gasteiger partial charge is 0.479 e. The lowest BCUT2D eigenvalue weighted by Gasteiger charge is -2.23.